The maximum Gasteiger partial charge on any atom is 0.418 e. The number of anilines is 1. The first-order chi connectivity index (χ1) is 20.9. The van der Waals surface area contributed by atoms with Gasteiger partial charge in [-0.05, 0) is 91.1 Å². The lowest BCUT2D eigenvalue weighted by Crippen LogP contribution is -2.50. The fourth-order valence-corrected chi connectivity index (χ4v) is 9.52. The van der Waals surface area contributed by atoms with Crippen LogP contribution >= 0.6 is 11.8 Å². The first-order valence-electron chi connectivity index (χ1n) is 14.0. The number of halogens is 5. The number of sulfonamides is 1. The zero-order valence-electron chi connectivity index (χ0n) is 23.2. The third kappa shape index (κ3) is 5.62. The van der Waals surface area contributed by atoms with Crippen LogP contribution in [0.5, 0.6) is 5.75 Å². The summed E-state index contributed by atoms with van der Waals surface area (Å²) in [6.45, 7) is -3.57. The van der Waals surface area contributed by atoms with E-state index in [9.17, 15) is 35.2 Å². The minimum Gasteiger partial charge on any atom is -0.435 e. The standard InChI is InChI=1S/C30H28F5N3O4S2/c31-28(32)42-20-3-1-4-21(16-20)44(40,41)38-25-9-8-19(27(39)37-17-24-22(30(33,34)35)5-2-12-36-24)15-23(25)29(10-13-43-14-11-29)26(38)18-6-7-18/h1-5,8-9,12,15-16,18,26,28H,6-7,10-11,13-14,17H2,(H,37,39). The summed E-state index contributed by atoms with van der Waals surface area (Å²) in [7, 11) is -4.25. The van der Waals surface area contributed by atoms with Gasteiger partial charge < -0.3 is 10.1 Å². The zero-order chi connectivity index (χ0) is 31.3. The molecule has 234 valence electrons. The summed E-state index contributed by atoms with van der Waals surface area (Å²) in [4.78, 5) is 16.9. The quantitative estimate of drug-likeness (QED) is 0.284. The van der Waals surface area contributed by atoms with Gasteiger partial charge in [0.25, 0.3) is 15.9 Å². The molecular weight excluding hydrogens is 625 g/mol. The van der Waals surface area contributed by atoms with E-state index in [1.54, 1.807) is 23.9 Å². The van der Waals surface area contributed by atoms with Crippen LogP contribution in [0.25, 0.3) is 0 Å². The largest absolute Gasteiger partial charge is 0.435 e. The van der Waals surface area contributed by atoms with Crippen molar-refractivity contribution in [2.24, 2.45) is 5.92 Å². The van der Waals surface area contributed by atoms with Crippen LogP contribution in [-0.2, 0) is 28.2 Å². The molecule has 1 N–H and O–H groups in total. The lowest BCUT2D eigenvalue weighted by atomic mass is 9.70. The predicted molar refractivity (Wildman–Crippen MR) is 154 cm³/mol. The molecule has 3 aliphatic rings. The average molecular weight is 654 g/mol. The number of hydrogen-bond acceptors (Lipinski definition) is 6. The van der Waals surface area contributed by atoms with Crippen molar-refractivity contribution in [3.8, 4) is 5.75 Å². The molecule has 1 aliphatic carbocycles. The minimum atomic E-state index is -4.63. The number of aromatic nitrogens is 1. The van der Waals surface area contributed by atoms with Gasteiger partial charge in [0.1, 0.15) is 5.75 Å². The molecule has 44 heavy (non-hydrogen) atoms. The molecule has 1 saturated carbocycles. The Kier molecular flexibility index (Phi) is 8.02. The van der Waals surface area contributed by atoms with Crippen LogP contribution in [-0.4, -0.2) is 43.5 Å². The van der Waals surface area contributed by atoms with Crippen LogP contribution in [0, 0.1) is 5.92 Å². The van der Waals surface area contributed by atoms with Crippen LogP contribution in [0.2, 0.25) is 0 Å². The van der Waals surface area contributed by atoms with Gasteiger partial charge in [-0.3, -0.25) is 14.1 Å². The van der Waals surface area contributed by atoms with Gasteiger partial charge in [-0.15, -0.1) is 0 Å². The molecule has 6 rings (SSSR count). The van der Waals surface area contributed by atoms with Crippen molar-refractivity contribution in [1.82, 2.24) is 10.3 Å². The van der Waals surface area contributed by atoms with E-state index < -0.39 is 52.3 Å². The van der Waals surface area contributed by atoms with Gasteiger partial charge in [0.2, 0.25) is 0 Å². The maximum absolute atomic E-state index is 14.3. The zero-order valence-corrected chi connectivity index (χ0v) is 24.8. The number of benzene rings is 2. The average Bonchev–Trinajstić information content (AvgIpc) is 3.79. The van der Waals surface area contributed by atoms with Crippen LogP contribution in [0.4, 0.5) is 27.6 Å². The van der Waals surface area contributed by atoms with Gasteiger partial charge in [0.05, 0.1) is 34.4 Å². The number of nitrogens with zero attached hydrogens (tertiary/aromatic N) is 2. The van der Waals surface area contributed by atoms with Gasteiger partial charge in [-0.2, -0.15) is 33.7 Å². The number of nitrogens with one attached hydrogen (secondary N) is 1. The van der Waals surface area contributed by atoms with Crippen molar-refractivity contribution < 1.29 is 39.9 Å². The van der Waals surface area contributed by atoms with Gasteiger partial charge in [-0.25, -0.2) is 8.42 Å². The molecule has 1 aromatic heterocycles. The molecular formula is C30H28F5N3O4S2. The summed E-state index contributed by atoms with van der Waals surface area (Å²) in [5.41, 5.74) is -0.558. The lowest BCUT2D eigenvalue weighted by Gasteiger charge is -2.41. The maximum atomic E-state index is 14.3. The molecule has 2 aromatic carbocycles. The number of rotatable bonds is 8. The summed E-state index contributed by atoms with van der Waals surface area (Å²) in [6, 6.07) is 11.3. The van der Waals surface area contributed by atoms with Crippen molar-refractivity contribution in [2.45, 2.75) is 61.4 Å². The molecule has 7 nitrogen and oxygen atoms in total. The second-order valence-electron chi connectivity index (χ2n) is 11.1. The number of fused-ring (bicyclic) bond motifs is 2. The Labute approximate surface area is 255 Å². The van der Waals surface area contributed by atoms with Crippen molar-refractivity contribution in [2.75, 3.05) is 15.8 Å². The highest BCUT2D eigenvalue weighted by Gasteiger charge is 2.59. The SMILES string of the molecule is O=C(NCc1ncccc1C(F)(F)F)c1ccc2c(c1)C1(CCSCC1)C(C1CC1)N2S(=O)(=O)c1cccc(OC(F)F)c1. The topological polar surface area (TPSA) is 88.6 Å². The summed E-state index contributed by atoms with van der Waals surface area (Å²) in [6.07, 6.45) is -0.425. The van der Waals surface area contributed by atoms with E-state index in [0.29, 0.717) is 24.1 Å². The van der Waals surface area contributed by atoms with Crippen LogP contribution in [0.1, 0.15) is 52.9 Å². The van der Waals surface area contributed by atoms with E-state index in [1.807, 2.05) is 0 Å². The van der Waals surface area contributed by atoms with E-state index in [-0.39, 0.29) is 27.8 Å². The lowest BCUT2D eigenvalue weighted by molar-refractivity contribution is -0.138. The summed E-state index contributed by atoms with van der Waals surface area (Å²) >= 11 is 1.76. The fraction of sp³-hybridized carbons (Fsp3) is 0.400. The van der Waals surface area contributed by atoms with Gasteiger partial charge in [0.15, 0.2) is 0 Å². The van der Waals surface area contributed by atoms with Crippen LogP contribution < -0.4 is 14.4 Å². The normalized spacial score (nSPS) is 19.7. The number of pyridine rings is 1. The molecule has 1 unspecified atom stereocenters. The number of amides is 1. The Morgan fingerprint density at radius 1 is 1.09 bits per heavy atom. The van der Waals surface area contributed by atoms with Crippen molar-refractivity contribution in [1.29, 1.82) is 0 Å². The van der Waals surface area contributed by atoms with E-state index in [0.717, 1.165) is 36.5 Å². The van der Waals surface area contributed by atoms with Gasteiger partial charge in [-0.1, -0.05) is 6.07 Å². The monoisotopic (exact) mass is 653 g/mol. The summed E-state index contributed by atoms with van der Waals surface area (Å²) in [5.74, 6) is 0.742. The molecule has 0 radical (unpaired) electrons. The van der Waals surface area contributed by atoms with E-state index in [2.05, 4.69) is 15.0 Å². The molecule has 3 heterocycles. The van der Waals surface area contributed by atoms with Crippen LogP contribution in [0.3, 0.4) is 0 Å². The van der Waals surface area contributed by atoms with E-state index in [1.165, 1.54) is 40.8 Å². The molecule has 1 atom stereocenters. The van der Waals surface area contributed by atoms with Crippen LogP contribution in [0.15, 0.2) is 65.7 Å². The molecule has 2 fully saturated rings. The Morgan fingerprint density at radius 3 is 2.52 bits per heavy atom. The van der Waals surface area contributed by atoms with Crippen molar-refractivity contribution >= 4 is 33.4 Å². The molecule has 1 spiro atoms. The Bertz CT molecular complexity index is 1680. The first kappa shape index (κ1) is 30.6. The predicted octanol–water partition coefficient (Wildman–Crippen LogP) is 6.38. The molecule has 0 bridgehead atoms. The molecule has 1 amide bonds. The Hall–Kier alpha value is -3.39. The van der Waals surface area contributed by atoms with Crippen molar-refractivity contribution in [3.05, 3.63) is 83.2 Å². The second-order valence-corrected chi connectivity index (χ2v) is 14.2. The number of carbonyl (C=O) groups is 1. The Balaban J connectivity index is 1.38. The molecule has 14 heteroatoms. The third-order valence-electron chi connectivity index (χ3n) is 8.50. The number of ether oxygens (including phenoxy) is 1. The number of thioether (sulfide) groups is 1. The third-order valence-corrected chi connectivity index (χ3v) is 11.3. The minimum absolute atomic E-state index is 0.0722. The highest BCUT2D eigenvalue weighted by Crippen LogP contribution is 2.59. The highest BCUT2D eigenvalue weighted by atomic mass is 32.2. The van der Waals surface area contributed by atoms with Crippen molar-refractivity contribution in [3.63, 3.8) is 0 Å². The summed E-state index contributed by atoms with van der Waals surface area (Å²) < 4.78 is 101. The number of alkyl halides is 5. The smallest absolute Gasteiger partial charge is 0.418 e. The van der Waals surface area contributed by atoms with Gasteiger partial charge in [0, 0.05) is 23.2 Å². The highest BCUT2D eigenvalue weighted by molar-refractivity contribution is 7.99. The van der Waals surface area contributed by atoms with Gasteiger partial charge >= 0.3 is 12.8 Å². The van der Waals surface area contributed by atoms with E-state index in [4.69, 9.17) is 0 Å². The fourth-order valence-electron chi connectivity index (χ4n) is 6.46. The number of carbonyl (C=O) groups excluding carboxylic acids is 1. The number of hydrogen-bond donors (Lipinski definition) is 1. The molecule has 2 aliphatic heterocycles. The molecule has 1 saturated heterocycles. The first-order valence-corrected chi connectivity index (χ1v) is 16.6. The second kappa shape index (κ2) is 11.5. The Morgan fingerprint density at radius 2 is 1.84 bits per heavy atom. The molecule has 3 aromatic rings. The summed E-state index contributed by atoms with van der Waals surface area (Å²) in [5, 5.41) is 2.53. The van der Waals surface area contributed by atoms with E-state index >= 15 is 0 Å².